The molecule has 2 aromatic heterocycles. The number of nitrogens with zero attached hydrogens (tertiary/aromatic N) is 4. The SMILES string of the molecule is Clc1ccc2[nH]c3c(c2c1)CCN=C3c1cnc(N2CCOCC2)nc1. The van der Waals surface area contributed by atoms with Gasteiger partial charge in [0.05, 0.1) is 24.6 Å². The molecule has 0 unspecified atom stereocenters. The molecule has 6 nitrogen and oxygen atoms in total. The number of hydrogen-bond donors (Lipinski definition) is 1. The third-order valence-electron chi connectivity index (χ3n) is 4.94. The largest absolute Gasteiger partial charge is 0.378 e. The normalized spacial score (nSPS) is 17.3. The van der Waals surface area contributed by atoms with E-state index in [1.54, 1.807) is 0 Å². The van der Waals surface area contributed by atoms with Crippen molar-refractivity contribution in [1.29, 1.82) is 0 Å². The average molecular weight is 368 g/mol. The van der Waals surface area contributed by atoms with Gasteiger partial charge in [-0.2, -0.15) is 0 Å². The lowest BCUT2D eigenvalue weighted by molar-refractivity contribution is 0.122. The van der Waals surface area contributed by atoms with Crippen molar-refractivity contribution in [2.75, 3.05) is 37.7 Å². The van der Waals surface area contributed by atoms with E-state index in [9.17, 15) is 0 Å². The number of H-pyrrole nitrogens is 1. The summed E-state index contributed by atoms with van der Waals surface area (Å²) < 4.78 is 5.39. The van der Waals surface area contributed by atoms with E-state index in [1.807, 2.05) is 30.6 Å². The number of aromatic nitrogens is 3. The van der Waals surface area contributed by atoms with Crippen molar-refractivity contribution < 1.29 is 4.74 Å². The molecule has 0 aliphatic carbocycles. The molecule has 1 saturated heterocycles. The Morgan fingerprint density at radius 2 is 1.92 bits per heavy atom. The van der Waals surface area contributed by atoms with Gasteiger partial charge in [-0.1, -0.05) is 11.6 Å². The van der Waals surface area contributed by atoms with Gasteiger partial charge in [0.1, 0.15) is 0 Å². The quantitative estimate of drug-likeness (QED) is 0.756. The number of nitrogens with one attached hydrogen (secondary N) is 1. The number of rotatable bonds is 2. The van der Waals surface area contributed by atoms with E-state index in [2.05, 4.69) is 19.9 Å². The molecule has 0 saturated carbocycles. The Hall–Kier alpha value is -2.44. The van der Waals surface area contributed by atoms with E-state index in [0.29, 0.717) is 0 Å². The molecule has 1 N–H and O–H groups in total. The van der Waals surface area contributed by atoms with Gasteiger partial charge in [-0.3, -0.25) is 4.99 Å². The van der Waals surface area contributed by atoms with Crippen molar-refractivity contribution in [2.24, 2.45) is 4.99 Å². The fraction of sp³-hybridized carbons (Fsp3) is 0.316. The number of halogens is 1. The zero-order valence-electron chi connectivity index (χ0n) is 14.2. The van der Waals surface area contributed by atoms with Crippen molar-refractivity contribution in [3.63, 3.8) is 0 Å². The molecule has 5 rings (SSSR count). The van der Waals surface area contributed by atoms with Crippen LogP contribution >= 0.6 is 11.6 Å². The number of aliphatic imine (C=N–C) groups is 1. The number of ether oxygens (including phenoxy) is 1. The van der Waals surface area contributed by atoms with Crippen LogP contribution in [0.25, 0.3) is 10.9 Å². The zero-order valence-corrected chi connectivity index (χ0v) is 15.0. The summed E-state index contributed by atoms with van der Waals surface area (Å²) in [4.78, 5) is 19.5. The van der Waals surface area contributed by atoms with Crippen LogP contribution in [0, 0.1) is 0 Å². The monoisotopic (exact) mass is 367 g/mol. The van der Waals surface area contributed by atoms with Gasteiger partial charge in [-0.25, -0.2) is 9.97 Å². The Kier molecular flexibility index (Phi) is 3.87. The highest BCUT2D eigenvalue weighted by Gasteiger charge is 2.22. The zero-order chi connectivity index (χ0) is 17.5. The van der Waals surface area contributed by atoms with Gasteiger partial charge < -0.3 is 14.6 Å². The van der Waals surface area contributed by atoms with E-state index in [4.69, 9.17) is 21.3 Å². The van der Waals surface area contributed by atoms with E-state index in [0.717, 1.165) is 72.7 Å². The predicted molar refractivity (Wildman–Crippen MR) is 103 cm³/mol. The Morgan fingerprint density at radius 1 is 1.12 bits per heavy atom. The standard InChI is InChI=1S/C19H18ClN5O/c20-13-1-2-16-15(9-13)14-3-4-21-17(18(14)24-16)12-10-22-19(23-11-12)25-5-7-26-8-6-25/h1-2,9-11,24H,3-8H2. The first-order valence-corrected chi connectivity index (χ1v) is 9.17. The highest BCUT2D eigenvalue weighted by molar-refractivity contribution is 6.31. The lowest BCUT2D eigenvalue weighted by Gasteiger charge is -2.26. The second-order valence-electron chi connectivity index (χ2n) is 6.52. The molecule has 0 spiro atoms. The van der Waals surface area contributed by atoms with E-state index in [1.165, 1.54) is 10.9 Å². The minimum atomic E-state index is 0.721. The summed E-state index contributed by atoms with van der Waals surface area (Å²) >= 11 is 6.19. The smallest absolute Gasteiger partial charge is 0.225 e. The van der Waals surface area contributed by atoms with Crippen molar-refractivity contribution in [2.45, 2.75) is 6.42 Å². The molecular formula is C19H18ClN5O. The van der Waals surface area contributed by atoms with Crippen molar-refractivity contribution in [3.8, 4) is 0 Å². The molecule has 3 aromatic rings. The molecule has 2 aliphatic rings. The van der Waals surface area contributed by atoms with Gasteiger partial charge in [0.25, 0.3) is 0 Å². The maximum atomic E-state index is 6.19. The average Bonchev–Trinajstić information content (AvgIpc) is 3.07. The lowest BCUT2D eigenvalue weighted by atomic mass is 9.99. The third kappa shape index (κ3) is 2.66. The van der Waals surface area contributed by atoms with E-state index < -0.39 is 0 Å². The Balaban J connectivity index is 1.51. The summed E-state index contributed by atoms with van der Waals surface area (Å²) in [6, 6.07) is 5.95. The summed E-state index contributed by atoms with van der Waals surface area (Å²) in [7, 11) is 0. The first-order valence-electron chi connectivity index (χ1n) is 8.79. The highest BCUT2D eigenvalue weighted by Crippen LogP contribution is 2.30. The predicted octanol–water partition coefficient (Wildman–Crippen LogP) is 2.84. The molecule has 0 atom stereocenters. The maximum absolute atomic E-state index is 6.19. The Morgan fingerprint density at radius 3 is 2.73 bits per heavy atom. The number of fused-ring (bicyclic) bond motifs is 3. The lowest BCUT2D eigenvalue weighted by Crippen LogP contribution is -2.37. The highest BCUT2D eigenvalue weighted by atomic mass is 35.5. The van der Waals surface area contributed by atoms with Crippen LogP contribution in [0.4, 0.5) is 5.95 Å². The second-order valence-corrected chi connectivity index (χ2v) is 6.96. The molecule has 1 fully saturated rings. The first-order chi connectivity index (χ1) is 12.8. The topological polar surface area (TPSA) is 66.4 Å². The molecule has 4 heterocycles. The molecular weight excluding hydrogens is 350 g/mol. The van der Waals surface area contributed by atoms with Crippen molar-refractivity contribution in [3.05, 3.63) is 52.4 Å². The van der Waals surface area contributed by atoms with E-state index in [-0.39, 0.29) is 0 Å². The molecule has 0 radical (unpaired) electrons. The van der Waals surface area contributed by atoms with Crippen LogP contribution in [-0.4, -0.2) is 53.5 Å². The van der Waals surface area contributed by atoms with Crippen molar-refractivity contribution in [1.82, 2.24) is 15.0 Å². The van der Waals surface area contributed by atoms with Gasteiger partial charge in [-0.15, -0.1) is 0 Å². The van der Waals surface area contributed by atoms with Crippen LogP contribution in [0.2, 0.25) is 5.02 Å². The molecule has 0 amide bonds. The number of morpholine rings is 1. The first kappa shape index (κ1) is 15.8. The molecule has 26 heavy (non-hydrogen) atoms. The Labute approximate surface area is 155 Å². The number of aromatic amines is 1. The molecule has 7 heteroatoms. The summed E-state index contributed by atoms with van der Waals surface area (Å²) in [6.45, 7) is 3.85. The van der Waals surface area contributed by atoms with E-state index >= 15 is 0 Å². The number of hydrogen-bond acceptors (Lipinski definition) is 5. The third-order valence-corrected chi connectivity index (χ3v) is 5.18. The summed E-state index contributed by atoms with van der Waals surface area (Å²) in [5, 5.41) is 1.92. The van der Waals surface area contributed by atoms with Crippen LogP contribution in [0.5, 0.6) is 0 Å². The minimum Gasteiger partial charge on any atom is -0.378 e. The van der Waals surface area contributed by atoms with Crippen molar-refractivity contribution >= 4 is 34.2 Å². The van der Waals surface area contributed by atoms with Gasteiger partial charge >= 0.3 is 0 Å². The van der Waals surface area contributed by atoms with Crippen LogP contribution in [0.15, 0.2) is 35.6 Å². The minimum absolute atomic E-state index is 0.721. The number of benzene rings is 1. The van der Waals surface area contributed by atoms with Gasteiger partial charge in [-0.05, 0) is 30.2 Å². The summed E-state index contributed by atoms with van der Waals surface area (Å²) in [5.41, 5.74) is 5.26. The van der Waals surface area contributed by atoms with Gasteiger partial charge in [0, 0.05) is 53.5 Å². The Bertz CT molecular complexity index is 989. The van der Waals surface area contributed by atoms with Crippen LogP contribution in [-0.2, 0) is 11.2 Å². The second kappa shape index (κ2) is 6.37. The molecule has 2 aliphatic heterocycles. The summed E-state index contributed by atoms with van der Waals surface area (Å²) in [5.74, 6) is 0.747. The van der Waals surface area contributed by atoms with Gasteiger partial charge in [0.2, 0.25) is 5.95 Å². The van der Waals surface area contributed by atoms with Crippen LogP contribution < -0.4 is 4.90 Å². The fourth-order valence-electron chi connectivity index (χ4n) is 3.65. The maximum Gasteiger partial charge on any atom is 0.225 e. The van der Waals surface area contributed by atoms with Crippen LogP contribution in [0.3, 0.4) is 0 Å². The number of anilines is 1. The molecule has 1 aromatic carbocycles. The van der Waals surface area contributed by atoms with Gasteiger partial charge in [0.15, 0.2) is 0 Å². The van der Waals surface area contributed by atoms with Crippen LogP contribution in [0.1, 0.15) is 16.8 Å². The fourth-order valence-corrected chi connectivity index (χ4v) is 3.82. The summed E-state index contributed by atoms with van der Waals surface area (Å²) in [6.07, 6.45) is 4.64. The molecule has 0 bridgehead atoms. The molecule has 132 valence electrons.